The van der Waals surface area contributed by atoms with Crippen molar-refractivity contribution in [1.82, 2.24) is 9.88 Å². The van der Waals surface area contributed by atoms with Crippen LogP contribution in [0, 0.1) is 6.92 Å². The number of pyridine rings is 1. The van der Waals surface area contributed by atoms with E-state index in [0.717, 1.165) is 37.1 Å². The molecular weight excluding hydrogens is 192 g/mol. The predicted octanol–water partition coefficient (Wildman–Crippen LogP) is 0.977. The zero-order valence-corrected chi connectivity index (χ0v) is 8.69. The molecule has 0 spiro atoms. The van der Waals surface area contributed by atoms with Crippen LogP contribution in [0.2, 0.25) is 0 Å². The first-order valence-electron chi connectivity index (χ1n) is 5.13. The maximum atomic E-state index is 11.1. The van der Waals surface area contributed by atoms with E-state index in [9.17, 15) is 9.59 Å². The number of aryl methyl sites for hydroxylation is 1. The third kappa shape index (κ3) is 1.79. The van der Waals surface area contributed by atoms with Crippen LogP contribution in [0.1, 0.15) is 30.1 Å². The fraction of sp³-hybridized carbons (Fsp3) is 0.455. The molecule has 0 bridgehead atoms. The van der Waals surface area contributed by atoms with Crippen molar-refractivity contribution in [1.29, 1.82) is 0 Å². The van der Waals surface area contributed by atoms with Crippen LogP contribution in [0.25, 0.3) is 0 Å². The number of nitrogens with zero attached hydrogens (tertiary/aromatic N) is 1. The van der Waals surface area contributed by atoms with Gasteiger partial charge in [0.1, 0.15) is 0 Å². The molecule has 0 radical (unpaired) electrons. The average Bonchev–Trinajstić information content (AvgIpc) is 2.65. The number of rotatable bonds is 2. The summed E-state index contributed by atoms with van der Waals surface area (Å²) in [6.45, 7) is 2.69. The molecule has 1 amide bonds. The van der Waals surface area contributed by atoms with Gasteiger partial charge in [0.25, 0.3) is 0 Å². The summed E-state index contributed by atoms with van der Waals surface area (Å²) in [5, 5.41) is 0. The van der Waals surface area contributed by atoms with Crippen LogP contribution in [0.5, 0.6) is 0 Å². The Balaban J connectivity index is 2.36. The van der Waals surface area contributed by atoms with Crippen LogP contribution in [-0.2, 0) is 4.79 Å². The molecule has 2 heterocycles. The highest BCUT2D eigenvalue weighted by Crippen LogP contribution is 2.31. The van der Waals surface area contributed by atoms with E-state index in [1.54, 1.807) is 4.90 Å². The lowest BCUT2D eigenvalue weighted by atomic mass is 10.0. The van der Waals surface area contributed by atoms with Crippen LogP contribution in [0.4, 0.5) is 0 Å². The van der Waals surface area contributed by atoms with Crippen molar-refractivity contribution < 1.29 is 4.79 Å². The van der Waals surface area contributed by atoms with E-state index < -0.39 is 0 Å². The van der Waals surface area contributed by atoms with Gasteiger partial charge in [0.05, 0.1) is 6.04 Å². The van der Waals surface area contributed by atoms with Crippen molar-refractivity contribution in [2.75, 3.05) is 6.54 Å². The Hall–Kier alpha value is -1.58. The summed E-state index contributed by atoms with van der Waals surface area (Å²) in [4.78, 5) is 26.4. The van der Waals surface area contributed by atoms with E-state index in [1.807, 2.05) is 13.0 Å². The Morgan fingerprint density at radius 3 is 3.00 bits per heavy atom. The van der Waals surface area contributed by atoms with E-state index in [-0.39, 0.29) is 11.6 Å². The number of likely N-dealkylation sites (tertiary alicyclic amines) is 1. The van der Waals surface area contributed by atoms with Gasteiger partial charge in [0.2, 0.25) is 12.0 Å². The number of aromatic nitrogens is 1. The molecule has 0 aromatic carbocycles. The minimum absolute atomic E-state index is 0.0908. The highest BCUT2D eigenvalue weighted by Gasteiger charge is 2.25. The number of aromatic amines is 1. The third-order valence-corrected chi connectivity index (χ3v) is 2.95. The average molecular weight is 206 g/mol. The number of amides is 1. The lowest BCUT2D eigenvalue weighted by Gasteiger charge is -2.21. The molecule has 0 saturated carbocycles. The van der Waals surface area contributed by atoms with E-state index >= 15 is 0 Å². The number of carbonyl (C=O) groups excluding carboxylic acids is 1. The molecule has 2 rings (SSSR count). The molecule has 1 fully saturated rings. The van der Waals surface area contributed by atoms with Crippen molar-refractivity contribution in [3.63, 3.8) is 0 Å². The number of hydrogen-bond donors (Lipinski definition) is 1. The maximum absolute atomic E-state index is 11.1. The summed E-state index contributed by atoms with van der Waals surface area (Å²) in [7, 11) is 0. The summed E-state index contributed by atoms with van der Waals surface area (Å²) in [5.74, 6) is 0. The molecule has 15 heavy (non-hydrogen) atoms. The summed E-state index contributed by atoms with van der Waals surface area (Å²) < 4.78 is 0. The van der Waals surface area contributed by atoms with Crippen LogP contribution in [0.15, 0.2) is 16.9 Å². The van der Waals surface area contributed by atoms with Gasteiger partial charge < -0.3 is 9.88 Å². The lowest BCUT2D eigenvalue weighted by molar-refractivity contribution is -0.118. The van der Waals surface area contributed by atoms with Gasteiger partial charge in [0, 0.05) is 18.3 Å². The SMILES string of the molecule is Cc1[nH]c(=O)ccc1[C@@H]1CCCN1C=O. The standard InChI is InChI=1S/C11H14N2O2/c1-8-9(4-5-11(15)12-8)10-3-2-6-13(10)7-14/h4-5,7,10H,2-3,6H2,1H3,(H,12,15)/t10-/m0/s1. The molecule has 0 aliphatic carbocycles. The van der Waals surface area contributed by atoms with Crippen LogP contribution < -0.4 is 5.56 Å². The van der Waals surface area contributed by atoms with Gasteiger partial charge in [-0.3, -0.25) is 9.59 Å². The van der Waals surface area contributed by atoms with Gasteiger partial charge in [-0.1, -0.05) is 0 Å². The van der Waals surface area contributed by atoms with Crippen LogP contribution in [-0.4, -0.2) is 22.8 Å². The fourth-order valence-corrected chi connectivity index (χ4v) is 2.20. The summed E-state index contributed by atoms with van der Waals surface area (Å²) in [6.07, 6.45) is 2.90. The number of hydrogen-bond acceptors (Lipinski definition) is 2. The Morgan fingerprint density at radius 2 is 2.33 bits per heavy atom. The molecule has 1 N–H and O–H groups in total. The fourth-order valence-electron chi connectivity index (χ4n) is 2.20. The third-order valence-electron chi connectivity index (χ3n) is 2.95. The van der Waals surface area contributed by atoms with Gasteiger partial charge in [-0.25, -0.2) is 0 Å². The van der Waals surface area contributed by atoms with Crippen molar-refractivity contribution >= 4 is 6.41 Å². The van der Waals surface area contributed by atoms with Crippen molar-refractivity contribution in [2.45, 2.75) is 25.8 Å². The molecule has 1 aliphatic rings. The largest absolute Gasteiger partial charge is 0.338 e. The minimum Gasteiger partial charge on any atom is -0.338 e. The Bertz CT molecular complexity index is 425. The minimum atomic E-state index is -0.0908. The molecule has 4 heteroatoms. The quantitative estimate of drug-likeness (QED) is 0.733. The van der Waals surface area contributed by atoms with Gasteiger partial charge in [0.15, 0.2) is 0 Å². The van der Waals surface area contributed by atoms with E-state index in [0.29, 0.717) is 0 Å². The monoisotopic (exact) mass is 206 g/mol. The topological polar surface area (TPSA) is 53.2 Å². The molecule has 1 aromatic rings. The highest BCUT2D eigenvalue weighted by molar-refractivity contribution is 5.49. The number of H-pyrrole nitrogens is 1. The number of nitrogens with one attached hydrogen (secondary N) is 1. The van der Waals surface area contributed by atoms with Crippen molar-refractivity contribution in [3.05, 3.63) is 33.7 Å². The first-order chi connectivity index (χ1) is 7.22. The second kappa shape index (κ2) is 3.88. The van der Waals surface area contributed by atoms with E-state index in [2.05, 4.69) is 4.98 Å². The first kappa shape index (κ1) is 9.96. The normalized spacial score (nSPS) is 20.6. The predicted molar refractivity (Wildman–Crippen MR) is 56.5 cm³/mol. The van der Waals surface area contributed by atoms with Crippen LogP contribution >= 0.6 is 0 Å². The van der Waals surface area contributed by atoms with Gasteiger partial charge in [-0.2, -0.15) is 0 Å². The Morgan fingerprint density at radius 1 is 1.53 bits per heavy atom. The second-order valence-corrected chi connectivity index (χ2v) is 3.90. The first-order valence-corrected chi connectivity index (χ1v) is 5.13. The van der Waals surface area contributed by atoms with Gasteiger partial charge in [-0.15, -0.1) is 0 Å². The number of carbonyl (C=O) groups is 1. The summed E-state index contributed by atoms with van der Waals surface area (Å²) >= 11 is 0. The molecule has 1 aliphatic heterocycles. The van der Waals surface area contributed by atoms with Crippen LogP contribution in [0.3, 0.4) is 0 Å². The smallest absolute Gasteiger partial charge is 0.248 e. The second-order valence-electron chi connectivity index (χ2n) is 3.90. The summed E-state index contributed by atoms with van der Waals surface area (Å²) in [5.41, 5.74) is 1.83. The maximum Gasteiger partial charge on any atom is 0.248 e. The molecule has 1 saturated heterocycles. The van der Waals surface area contributed by atoms with Gasteiger partial charge >= 0.3 is 0 Å². The van der Waals surface area contributed by atoms with Crippen molar-refractivity contribution in [3.8, 4) is 0 Å². The molecule has 1 atom stereocenters. The zero-order chi connectivity index (χ0) is 10.8. The summed E-state index contributed by atoms with van der Waals surface area (Å²) in [6, 6.07) is 3.48. The van der Waals surface area contributed by atoms with E-state index in [1.165, 1.54) is 6.07 Å². The lowest BCUT2D eigenvalue weighted by Crippen LogP contribution is -2.23. The molecule has 80 valence electrons. The van der Waals surface area contributed by atoms with E-state index in [4.69, 9.17) is 0 Å². The molecular formula is C11H14N2O2. The molecule has 1 aromatic heterocycles. The Kier molecular flexibility index (Phi) is 2.58. The zero-order valence-electron chi connectivity index (χ0n) is 8.69. The highest BCUT2D eigenvalue weighted by atomic mass is 16.1. The van der Waals surface area contributed by atoms with Crippen molar-refractivity contribution in [2.24, 2.45) is 0 Å². The Labute approximate surface area is 87.9 Å². The van der Waals surface area contributed by atoms with Gasteiger partial charge in [-0.05, 0) is 31.4 Å². The molecule has 4 nitrogen and oxygen atoms in total. The molecule has 0 unspecified atom stereocenters.